The van der Waals surface area contributed by atoms with Gasteiger partial charge < -0.3 is 15.4 Å². The van der Waals surface area contributed by atoms with Crippen molar-refractivity contribution in [3.05, 3.63) is 59.8 Å². The zero-order valence-electron chi connectivity index (χ0n) is 13.5. The molecule has 0 fully saturated rings. The number of halogens is 3. The molecular formula is C17H16F3N3O3. The molecule has 0 aliphatic rings. The van der Waals surface area contributed by atoms with Crippen molar-refractivity contribution in [2.24, 2.45) is 0 Å². The summed E-state index contributed by atoms with van der Waals surface area (Å²) in [6.07, 6.45) is -3.31. The molecule has 0 aliphatic heterocycles. The average Bonchev–Trinajstić information content (AvgIpc) is 2.63. The minimum Gasteiger partial charge on any atom is -0.467 e. The Morgan fingerprint density at radius 1 is 0.962 bits per heavy atom. The Kier molecular flexibility index (Phi) is 6.54. The zero-order valence-corrected chi connectivity index (χ0v) is 13.5. The molecule has 6 nitrogen and oxygen atoms in total. The van der Waals surface area contributed by atoms with Gasteiger partial charge in [0.1, 0.15) is 5.56 Å². The van der Waals surface area contributed by atoms with Gasteiger partial charge in [0.25, 0.3) is 11.8 Å². The Morgan fingerprint density at radius 2 is 1.62 bits per heavy atom. The minimum absolute atomic E-state index is 0.0883. The Hall–Kier alpha value is -3.10. The zero-order chi connectivity index (χ0) is 19.0. The van der Waals surface area contributed by atoms with Gasteiger partial charge in [0.05, 0.1) is 0 Å². The van der Waals surface area contributed by atoms with Crippen molar-refractivity contribution in [3.8, 4) is 5.88 Å². The number of nitrogens with one attached hydrogen (secondary N) is 2. The summed E-state index contributed by atoms with van der Waals surface area (Å²) in [4.78, 5) is 27.6. The number of carbonyl (C=O) groups is 2. The molecule has 2 aromatic rings. The van der Waals surface area contributed by atoms with Gasteiger partial charge in [0.2, 0.25) is 5.88 Å². The van der Waals surface area contributed by atoms with Gasteiger partial charge >= 0.3 is 6.18 Å². The summed E-state index contributed by atoms with van der Waals surface area (Å²) < 4.78 is 41.3. The smallest absolute Gasteiger partial charge is 0.422 e. The fourth-order valence-corrected chi connectivity index (χ4v) is 1.97. The molecule has 1 aromatic carbocycles. The predicted molar refractivity (Wildman–Crippen MR) is 86.9 cm³/mol. The number of ether oxygens (including phenoxy) is 1. The lowest BCUT2D eigenvalue weighted by Gasteiger charge is -2.12. The van der Waals surface area contributed by atoms with Gasteiger partial charge in [0, 0.05) is 24.8 Å². The molecule has 0 unspecified atom stereocenters. The highest BCUT2D eigenvalue weighted by Crippen LogP contribution is 2.19. The second kappa shape index (κ2) is 8.84. The first-order valence-corrected chi connectivity index (χ1v) is 7.63. The molecule has 2 rings (SSSR count). The molecule has 2 amide bonds. The standard InChI is InChI=1S/C17H16F3N3O3/c18-17(19,20)11-26-16-13(7-4-8-23-16)15(25)22-10-9-21-14(24)12-5-2-1-3-6-12/h1-8H,9-11H2,(H,21,24)(H,22,25). The molecule has 0 bridgehead atoms. The van der Waals surface area contributed by atoms with E-state index in [-0.39, 0.29) is 24.6 Å². The monoisotopic (exact) mass is 367 g/mol. The number of aromatic nitrogens is 1. The third-order valence-corrected chi connectivity index (χ3v) is 3.12. The van der Waals surface area contributed by atoms with Crippen molar-refractivity contribution < 1.29 is 27.5 Å². The van der Waals surface area contributed by atoms with Gasteiger partial charge in [-0.2, -0.15) is 13.2 Å². The van der Waals surface area contributed by atoms with E-state index in [9.17, 15) is 22.8 Å². The van der Waals surface area contributed by atoms with Crippen LogP contribution in [0, 0.1) is 0 Å². The lowest BCUT2D eigenvalue weighted by Crippen LogP contribution is -2.35. The van der Waals surface area contributed by atoms with Gasteiger partial charge in [0.15, 0.2) is 6.61 Å². The highest BCUT2D eigenvalue weighted by Gasteiger charge is 2.29. The summed E-state index contributed by atoms with van der Waals surface area (Å²) in [7, 11) is 0. The molecule has 0 spiro atoms. The number of rotatable bonds is 7. The summed E-state index contributed by atoms with van der Waals surface area (Å²) >= 11 is 0. The summed E-state index contributed by atoms with van der Waals surface area (Å²) in [6, 6.07) is 11.2. The third kappa shape index (κ3) is 6.08. The second-order valence-electron chi connectivity index (χ2n) is 5.14. The van der Waals surface area contributed by atoms with Crippen LogP contribution in [-0.4, -0.2) is 42.7 Å². The number of pyridine rings is 1. The average molecular weight is 367 g/mol. The molecule has 1 aromatic heterocycles. The predicted octanol–water partition coefficient (Wildman–Crippen LogP) is 2.18. The molecular weight excluding hydrogens is 351 g/mol. The normalized spacial score (nSPS) is 10.9. The van der Waals surface area contributed by atoms with Crippen LogP contribution in [0.5, 0.6) is 5.88 Å². The number of amides is 2. The number of nitrogens with zero attached hydrogens (tertiary/aromatic N) is 1. The Balaban J connectivity index is 1.83. The molecule has 1 heterocycles. The lowest BCUT2D eigenvalue weighted by atomic mass is 10.2. The summed E-state index contributed by atoms with van der Waals surface area (Å²) in [5.41, 5.74) is 0.361. The van der Waals surface area contributed by atoms with E-state index in [0.717, 1.165) is 0 Å². The number of carbonyl (C=O) groups excluding carboxylic acids is 2. The first kappa shape index (κ1) is 19.2. The molecule has 9 heteroatoms. The topological polar surface area (TPSA) is 80.3 Å². The van der Waals surface area contributed by atoms with Crippen LogP contribution in [0.2, 0.25) is 0 Å². The van der Waals surface area contributed by atoms with Gasteiger partial charge in [-0.05, 0) is 24.3 Å². The highest BCUT2D eigenvalue weighted by atomic mass is 19.4. The number of benzene rings is 1. The van der Waals surface area contributed by atoms with Crippen molar-refractivity contribution in [3.63, 3.8) is 0 Å². The van der Waals surface area contributed by atoms with Gasteiger partial charge in [-0.25, -0.2) is 4.98 Å². The van der Waals surface area contributed by atoms with E-state index in [2.05, 4.69) is 20.4 Å². The maximum absolute atomic E-state index is 12.2. The van der Waals surface area contributed by atoms with Crippen LogP contribution in [0.4, 0.5) is 13.2 Å². The lowest BCUT2D eigenvalue weighted by molar-refractivity contribution is -0.154. The minimum atomic E-state index is -4.53. The molecule has 0 radical (unpaired) electrons. The molecule has 138 valence electrons. The maximum atomic E-state index is 12.2. The van der Waals surface area contributed by atoms with Crippen molar-refractivity contribution in [1.82, 2.24) is 15.6 Å². The van der Waals surface area contributed by atoms with Crippen molar-refractivity contribution >= 4 is 11.8 Å². The number of alkyl halides is 3. The fourth-order valence-electron chi connectivity index (χ4n) is 1.97. The molecule has 0 saturated carbocycles. The van der Waals surface area contributed by atoms with Crippen LogP contribution in [0.25, 0.3) is 0 Å². The number of hydrogen-bond donors (Lipinski definition) is 2. The van der Waals surface area contributed by atoms with E-state index in [1.165, 1.54) is 18.3 Å². The van der Waals surface area contributed by atoms with Crippen LogP contribution in [0.3, 0.4) is 0 Å². The maximum Gasteiger partial charge on any atom is 0.422 e. The Bertz CT molecular complexity index is 752. The summed E-state index contributed by atoms with van der Waals surface area (Å²) in [5.74, 6) is -1.35. The van der Waals surface area contributed by atoms with E-state index < -0.39 is 24.6 Å². The quantitative estimate of drug-likeness (QED) is 0.735. The van der Waals surface area contributed by atoms with Gasteiger partial charge in [-0.1, -0.05) is 18.2 Å². The molecule has 0 saturated heterocycles. The van der Waals surface area contributed by atoms with E-state index in [1.807, 2.05) is 0 Å². The van der Waals surface area contributed by atoms with Crippen LogP contribution < -0.4 is 15.4 Å². The first-order chi connectivity index (χ1) is 12.4. The van der Waals surface area contributed by atoms with Crippen molar-refractivity contribution in [2.75, 3.05) is 19.7 Å². The number of hydrogen-bond acceptors (Lipinski definition) is 4. The van der Waals surface area contributed by atoms with Crippen molar-refractivity contribution in [1.29, 1.82) is 0 Å². The summed E-state index contributed by atoms with van der Waals surface area (Å²) in [6.45, 7) is -1.30. The Labute approximate surface area is 147 Å². The summed E-state index contributed by atoms with van der Waals surface area (Å²) in [5, 5.41) is 5.10. The largest absolute Gasteiger partial charge is 0.467 e. The van der Waals surface area contributed by atoms with E-state index in [1.54, 1.807) is 30.3 Å². The van der Waals surface area contributed by atoms with Gasteiger partial charge in [-0.3, -0.25) is 9.59 Å². The molecule has 2 N–H and O–H groups in total. The molecule has 26 heavy (non-hydrogen) atoms. The van der Waals surface area contributed by atoms with E-state index in [4.69, 9.17) is 0 Å². The van der Waals surface area contributed by atoms with E-state index >= 15 is 0 Å². The van der Waals surface area contributed by atoms with Gasteiger partial charge in [-0.15, -0.1) is 0 Å². The fraction of sp³-hybridized carbons (Fsp3) is 0.235. The van der Waals surface area contributed by atoms with E-state index in [0.29, 0.717) is 5.56 Å². The SMILES string of the molecule is O=C(NCCNC(=O)c1cccnc1OCC(F)(F)F)c1ccccc1. The Morgan fingerprint density at radius 3 is 2.27 bits per heavy atom. The van der Waals surface area contributed by atoms with Crippen LogP contribution >= 0.6 is 0 Å². The van der Waals surface area contributed by atoms with Crippen LogP contribution in [0.15, 0.2) is 48.7 Å². The molecule has 0 atom stereocenters. The second-order valence-corrected chi connectivity index (χ2v) is 5.14. The highest BCUT2D eigenvalue weighted by molar-refractivity contribution is 5.96. The van der Waals surface area contributed by atoms with Crippen LogP contribution in [-0.2, 0) is 0 Å². The first-order valence-electron chi connectivity index (χ1n) is 7.63. The van der Waals surface area contributed by atoms with Crippen LogP contribution in [0.1, 0.15) is 20.7 Å². The third-order valence-electron chi connectivity index (χ3n) is 3.12. The van der Waals surface area contributed by atoms with Crippen molar-refractivity contribution in [2.45, 2.75) is 6.18 Å². The molecule has 0 aliphatic carbocycles.